The van der Waals surface area contributed by atoms with E-state index in [0.29, 0.717) is 6.61 Å². The quantitative estimate of drug-likeness (QED) is 0.766. The SMILES string of the molecule is CCNCc1cc(Br)cc(C)c1OCc1cccc(Cl)c1. The van der Waals surface area contributed by atoms with Crippen LogP contribution in [0.25, 0.3) is 0 Å². The van der Waals surface area contributed by atoms with E-state index in [9.17, 15) is 0 Å². The Labute approximate surface area is 139 Å². The van der Waals surface area contributed by atoms with Crippen LogP contribution < -0.4 is 10.1 Å². The normalized spacial score (nSPS) is 10.7. The Balaban J connectivity index is 2.18. The first kappa shape index (κ1) is 16.3. The van der Waals surface area contributed by atoms with Gasteiger partial charge in [0.15, 0.2) is 0 Å². The molecule has 0 fully saturated rings. The summed E-state index contributed by atoms with van der Waals surface area (Å²) in [5, 5.41) is 4.08. The number of rotatable bonds is 6. The van der Waals surface area contributed by atoms with E-state index in [2.05, 4.69) is 47.2 Å². The maximum atomic E-state index is 6.04. The molecule has 2 aromatic rings. The Hall–Kier alpha value is -1.03. The minimum atomic E-state index is 0.516. The van der Waals surface area contributed by atoms with E-state index in [1.807, 2.05) is 24.3 Å². The zero-order chi connectivity index (χ0) is 15.2. The first-order valence-electron chi connectivity index (χ1n) is 6.97. The van der Waals surface area contributed by atoms with Gasteiger partial charge >= 0.3 is 0 Å². The van der Waals surface area contributed by atoms with Crippen LogP contribution in [0.3, 0.4) is 0 Å². The highest BCUT2D eigenvalue weighted by atomic mass is 79.9. The zero-order valence-electron chi connectivity index (χ0n) is 12.2. The summed E-state index contributed by atoms with van der Waals surface area (Å²) in [6, 6.07) is 11.9. The van der Waals surface area contributed by atoms with Gasteiger partial charge in [0.1, 0.15) is 12.4 Å². The lowest BCUT2D eigenvalue weighted by atomic mass is 10.1. The zero-order valence-corrected chi connectivity index (χ0v) is 14.6. The maximum Gasteiger partial charge on any atom is 0.127 e. The Kier molecular flexibility index (Phi) is 6.09. The second kappa shape index (κ2) is 7.83. The van der Waals surface area contributed by atoms with Crippen LogP contribution >= 0.6 is 27.5 Å². The molecule has 0 saturated heterocycles. The molecule has 0 aliphatic carbocycles. The van der Waals surface area contributed by atoms with E-state index in [4.69, 9.17) is 16.3 Å². The minimum Gasteiger partial charge on any atom is -0.488 e. The first-order valence-corrected chi connectivity index (χ1v) is 8.14. The molecule has 0 spiro atoms. The third kappa shape index (κ3) is 4.73. The predicted molar refractivity (Wildman–Crippen MR) is 92.0 cm³/mol. The van der Waals surface area contributed by atoms with Crippen molar-refractivity contribution in [3.05, 3.63) is 62.6 Å². The van der Waals surface area contributed by atoms with Crippen LogP contribution in [0.1, 0.15) is 23.6 Å². The molecule has 112 valence electrons. The molecule has 0 atom stereocenters. The molecule has 0 aromatic heterocycles. The highest BCUT2D eigenvalue weighted by Crippen LogP contribution is 2.29. The van der Waals surface area contributed by atoms with Gasteiger partial charge in [-0.3, -0.25) is 0 Å². The molecule has 0 amide bonds. The molecule has 0 unspecified atom stereocenters. The summed E-state index contributed by atoms with van der Waals surface area (Å²) in [4.78, 5) is 0. The van der Waals surface area contributed by atoms with E-state index < -0.39 is 0 Å². The molecule has 0 bridgehead atoms. The summed E-state index contributed by atoms with van der Waals surface area (Å²) in [6.07, 6.45) is 0. The van der Waals surface area contributed by atoms with Gasteiger partial charge in [0.2, 0.25) is 0 Å². The summed E-state index contributed by atoms with van der Waals surface area (Å²) >= 11 is 9.55. The molecule has 21 heavy (non-hydrogen) atoms. The average molecular weight is 369 g/mol. The van der Waals surface area contributed by atoms with Crippen molar-refractivity contribution in [2.24, 2.45) is 0 Å². The summed E-state index contributed by atoms with van der Waals surface area (Å²) in [6.45, 7) is 6.40. The van der Waals surface area contributed by atoms with E-state index in [0.717, 1.165) is 45.0 Å². The molecule has 2 nitrogen and oxygen atoms in total. The third-order valence-electron chi connectivity index (χ3n) is 3.15. The van der Waals surface area contributed by atoms with Crippen molar-refractivity contribution in [1.82, 2.24) is 5.32 Å². The van der Waals surface area contributed by atoms with E-state index in [1.165, 1.54) is 0 Å². The van der Waals surface area contributed by atoms with Crippen LogP contribution in [0.15, 0.2) is 40.9 Å². The fourth-order valence-corrected chi connectivity index (χ4v) is 3.01. The molecule has 1 N–H and O–H groups in total. The Morgan fingerprint density at radius 1 is 1.24 bits per heavy atom. The predicted octanol–water partition coefficient (Wildman–Crippen LogP) is 5.10. The molecule has 4 heteroatoms. The summed E-state index contributed by atoms with van der Waals surface area (Å²) < 4.78 is 7.11. The first-order chi connectivity index (χ1) is 10.1. The van der Waals surface area contributed by atoms with Crippen LogP contribution in [-0.2, 0) is 13.2 Å². The third-order valence-corrected chi connectivity index (χ3v) is 3.85. The lowest BCUT2D eigenvalue weighted by molar-refractivity contribution is 0.300. The van der Waals surface area contributed by atoms with Crippen molar-refractivity contribution in [2.75, 3.05) is 6.54 Å². The van der Waals surface area contributed by atoms with Crippen LogP contribution in [-0.4, -0.2) is 6.54 Å². The van der Waals surface area contributed by atoms with Gasteiger partial charge < -0.3 is 10.1 Å². The number of ether oxygens (including phenoxy) is 1. The highest BCUT2D eigenvalue weighted by Gasteiger charge is 2.09. The lowest BCUT2D eigenvalue weighted by Crippen LogP contribution is -2.13. The topological polar surface area (TPSA) is 21.3 Å². The Bertz CT molecular complexity index is 616. The summed E-state index contributed by atoms with van der Waals surface area (Å²) in [5.41, 5.74) is 3.35. The van der Waals surface area contributed by atoms with E-state index in [-0.39, 0.29) is 0 Å². The van der Waals surface area contributed by atoms with Crippen molar-refractivity contribution < 1.29 is 4.74 Å². The summed E-state index contributed by atoms with van der Waals surface area (Å²) in [7, 11) is 0. The molecule has 0 radical (unpaired) electrons. The fraction of sp³-hybridized carbons (Fsp3) is 0.294. The molecule has 0 aliphatic heterocycles. The van der Waals surface area contributed by atoms with Gasteiger partial charge in [0.25, 0.3) is 0 Å². The maximum absolute atomic E-state index is 6.04. The van der Waals surface area contributed by atoms with E-state index >= 15 is 0 Å². The number of aryl methyl sites for hydroxylation is 1. The monoisotopic (exact) mass is 367 g/mol. The molecule has 0 saturated carbocycles. The molecule has 0 aliphatic rings. The number of nitrogens with one attached hydrogen (secondary N) is 1. The van der Waals surface area contributed by atoms with Gasteiger partial charge in [-0.05, 0) is 48.9 Å². The molecule has 2 rings (SSSR count). The van der Waals surface area contributed by atoms with Crippen LogP contribution in [0, 0.1) is 6.92 Å². The average Bonchev–Trinajstić information content (AvgIpc) is 2.44. The van der Waals surface area contributed by atoms with Crippen molar-refractivity contribution in [3.63, 3.8) is 0 Å². The van der Waals surface area contributed by atoms with Gasteiger partial charge in [-0.15, -0.1) is 0 Å². The Morgan fingerprint density at radius 3 is 2.76 bits per heavy atom. The molecular weight excluding hydrogens is 350 g/mol. The number of halogens is 2. The van der Waals surface area contributed by atoms with Crippen molar-refractivity contribution in [3.8, 4) is 5.75 Å². The fourth-order valence-electron chi connectivity index (χ4n) is 2.18. The van der Waals surface area contributed by atoms with Gasteiger partial charge in [-0.2, -0.15) is 0 Å². The van der Waals surface area contributed by atoms with Crippen LogP contribution in [0.5, 0.6) is 5.75 Å². The number of benzene rings is 2. The summed E-state index contributed by atoms with van der Waals surface area (Å²) in [5.74, 6) is 0.944. The smallest absolute Gasteiger partial charge is 0.127 e. The highest BCUT2D eigenvalue weighted by molar-refractivity contribution is 9.10. The van der Waals surface area contributed by atoms with Crippen LogP contribution in [0.2, 0.25) is 5.02 Å². The van der Waals surface area contributed by atoms with Gasteiger partial charge in [-0.1, -0.05) is 46.6 Å². The second-order valence-electron chi connectivity index (χ2n) is 4.91. The van der Waals surface area contributed by atoms with Crippen molar-refractivity contribution in [1.29, 1.82) is 0 Å². The van der Waals surface area contributed by atoms with Gasteiger partial charge in [0.05, 0.1) is 0 Å². The number of hydrogen-bond acceptors (Lipinski definition) is 2. The van der Waals surface area contributed by atoms with Gasteiger partial charge in [-0.25, -0.2) is 0 Å². The molecule has 0 heterocycles. The standard InChI is InChI=1S/C17H19BrClNO/c1-3-20-10-14-9-15(18)7-12(2)17(14)21-11-13-5-4-6-16(19)8-13/h4-9,20H,3,10-11H2,1-2H3. The molecule has 2 aromatic carbocycles. The van der Waals surface area contributed by atoms with Crippen molar-refractivity contribution >= 4 is 27.5 Å². The van der Waals surface area contributed by atoms with Crippen LogP contribution in [0.4, 0.5) is 0 Å². The Morgan fingerprint density at radius 2 is 2.05 bits per heavy atom. The second-order valence-corrected chi connectivity index (χ2v) is 6.26. The van der Waals surface area contributed by atoms with Crippen molar-refractivity contribution in [2.45, 2.75) is 27.0 Å². The van der Waals surface area contributed by atoms with E-state index in [1.54, 1.807) is 0 Å². The minimum absolute atomic E-state index is 0.516. The lowest BCUT2D eigenvalue weighted by Gasteiger charge is -2.15. The largest absolute Gasteiger partial charge is 0.488 e. The number of hydrogen-bond donors (Lipinski definition) is 1. The molecular formula is C17H19BrClNO. The van der Waals surface area contributed by atoms with Gasteiger partial charge in [0, 0.05) is 21.6 Å².